The van der Waals surface area contributed by atoms with Gasteiger partial charge in [-0.2, -0.15) is 0 Å². The minimum Gasteiger partial charge on any atom is -0.450 e. The van der Waals surface area contributed by atoms with Crippen molar-refractivity contribution in [2.45, 2.75) is 7.43 Å². The average Bonchev–Trinajstić information content (AvgIpc) is 2.78. The second-order valence-corrected chi connectivity index (χ2v) is 4.24. The molecule has 0 aliphatic carbocycles. The topological polar surface area (TPSA) is 863 Å². The van der Waals surface area contributed by atoms with Gasteiger partial charge in [0, 0.05) is 0 Å². The molecule has 0 fully saturated rings. The summed E-state index contributed by atoms with van der Waals surface area (Å²) in [5.74, 6) is 0. The van der Waals surface area contributed by atoms with Crippen LogP contribution in [0.1, 0.15) is 7.43 Å². The van der Waals surface area contributed by atoms with Crippen LogP contribution >= 0.6 is 0 Å². The van der Waals surface area contributed by atoms with Gasteiger partial charge in [-0.15, -0.1) is 0 Å². The van der Waals surface area contributed by atoms with Gasteiger partial charge in [-0.05, 0) is 0 Å². The molecule has 0 radical (unpaired) electrons. The number of carboxylic acid groups (broad SMARTS) is 30. The van der Waals surface area contributed by atoms with Crippen molar-refractivity contribution in [1.29, 1.82) is 0 Å². The van der Waals surface area contributed by atoms with Crippen molar-refractivity contribution in [3.8, 4) is 0 Å². The molecule has 0 amide bonds. The van der Waals surface area contributed by atoms with Crippen molar-refractivity contribution in [1.82, 2.24) is 0 Å². The van der Waals surface area contributed by atoms with Crippen molar-refractivity contribution in [2.75, 3.05) is 0 Å². The molecule has 0 aromatic rings. The van der Waals surface area contributed by atoms with E-state index in [1.165, 1.54) is 0 Å². The first kappa shape index (κ1) is 104. The Bertz CT molecular complexity index is 748. The third kappa shape index (κ3) is 906. The largest absolute Gasteiger partial charge is 0.503 e. The van der Waals surface area contributed by atoms with Crippen LogP contribution in [0.5, 0.6) is 0 Å². The molecule has 0 bridgehead atoms. The maximum Gasteiger partial charge on any atom is 0.503 e. The fourth-order valence-corrected chi connectivity index (χ4v) is 0. The predicted octanol–water partition coefficient (Wildman–Crippen LogP) is 3.97. The smallest absolute Gasteiger partial charge is 0.450 e. The summed E-state index contributed by atoms with van der Waals surface area (Å²) in [7, 11) is 0. The molecule has 0 saturated carbocycles. The zero-order chi connectivity index (χ0) is 53.7. The van der Waals surface area contributed by atoms with Crippen molar-refractivity contribution in [3.05, 3.63) is 0 Å². The van der Waals surface area contributed by atoms with Crippen LogP contribution in [-0.4, -0.2) is 246 Å². The summed E-state index contributed by atoms with van der Waals surface area (Å²) in [5.41, 5.74) is 0. The van der Waals surface area contributed by atoms with E-state index in [9.17, 15) is 0 Å². The third-order valence-corrected chi connectivity index (χ3v) is 0. The SMILES string of the molecule is C.O=C(O)O.O=C(O)O.O=C(O)O.O=C(O)O.O=C(O)O.O=C(O)O.O=C(O)O.O=C(O)O.O=C(O)O.O=C(O)O.O=C(O)O.O=C(O)O.O=C(O)O.O=C(O)O.O=C(O)O. The van der Waals surface area contributed by atoms with E-state index in [-0.39, 0.29) is 7.43 Å². The number of carbonyl (C=O) groups is 15. The van der Waals surface area contributed by atoms with Gasteiger partial charge in [-0.25, -0.2) is 71.9 Å². The molecule has 0 atom stereocenters. The van der Waals surface area contributed by atoms with E-state index in [4.69, 9.17) is 225 Å². The van der Waals surface area contributed by atoms with Crippen LogP contribution in [0.4, 0.5) is 71.9 Å². The van der Waals surface area contributed by atoms with Gasteiger partial charge in [0.15, 0.2) is 0 Å². The summed E-state index contributed by atoms with van der Waals surface area (Å²) < 4.78 is 0. The molecule has 45 nitrogen and oxygen atoms in total. The summed E-state index contributed by atoms with van der Waals surface area (Å²) in [6.07, 6.45) is -27.5. The van der Waals surface area contributed by atoms with Gasteiger partial charge in [0.2, 0.25) is 0 Å². The highest BCUT2D eigenvalue weighted by atomic mass is 16.6. The van der Waals surface area contributed by atoms with E-state index in [1.807, 2.05) is 0 Å². The Labute approximate surface area is 326 Å². The first-order valence-electron chi connectivity index (χ1n) is 9.77. The third-order valence-electron chi connectivity index (χ3n) is 0. The van der Waals surface area contributed by atoms with E-state index in [0.29, 0.717) is 0 Å². The van der Waals surface area contributed by atoms with E-state index < -0.39 is 92.3 Å². The van der Waals surface area contributed by atoms with Crippen LogP contribution < -0.4 is 0 Å². The monoisotopic (exact) mass is 946 g/mol. The van der Waals surface area contributed by atoms with Crippen LogP contribution in [-0.2, 0) is 0 Å². The maximum atomic E-state index is 8.56. The molecule has 61 heavy (non-hydrogen) atoms. The van der Waals surface area contributed by atoms with Crippen molar-refractivity contribution in [3.63, 3.8) is 0 Å². The second-order valence-electron chi connectivity index (χ2n) is 4.24. The standard InChI is InChI=1S/15CH2O3.CH4/c15*2-1(3)4;/h15*(H2,2,3,4);1H4. The Hall–Kier alpha value is -10.9. The molecular formula is C16H34O45. The maximum absolute atomic E-state index is 8.56. The molecule has 45 heteroatoms. The summed E-state index contributed by atoms with van der Waals surface area (Å²) in [6, 6.07) is 0. The van der Waals surface area contributed by atoms with Crippen LogP contribution in [0.3, 0.4) is 0 Å². The lowest BCUT2D eigenvalue weighted by Crippen LogP contribution is -1.81. The van der Waals surface area contributed by atoms with Gasteiger partial charge >= 0.3 is 92.3 Å². The van der Waals surface area contributed by atoms with Gasteiger partial charge in [0.1, 0.15) is 0 Å². The van der Waals surface area contributed by atoms with Crippen molar-refractivity contribution >= 4 is 92.3 Å². The fraction of sp³-hybridized carbons (Fsp3) is 0.0625. The lowest BCUT2D eigenvalue weighted by atomic mass is 11.5. The van der Waals surface area contributed by atoms with Crippen LogP contribution in [0.2, 0.25) is 0 Å². The van der Waals surface area contributed by atoms with Crippen LogP contribution in [0, 0.1) is 0 Å². The lowest BCUT2D eigenvalue weighted by molar-refractivity contribution is 0.135. The van der Waals surface area contributed by atoms with E-state index >= 15 is 0 Å². The Morgan fingerprint density at radius 1 is 0.115 bits per heavy atom. The van der Waals surface area contributed by atoms with Crippen molar-refractivity contribution in [2.24, 2.45) is 0 Å². The van der Waals surface area contributed by atoms with E-state index in [0.717, 1.165) is 0 Å². The van der Waals surface area contributed by atoms with E-state index in [2.05, 4.69) is 0 Å². The zero-order valence-corrected chi connectivity index (χ0v) is 27.0. The number of hydrogen-bond donors (Lipinski definition) is 30. The molecule has 368 valence electrons. The number of hydrogen-bond acceptors (Lipinski definition) is 15. The first-order chi connectivity index (χ1) is 26.0. The van der Waals surface area contributed by atoms with Gasteiger partial charge in [-0.1, -0.05) is 7.43 Å². The number of rotatable bonds is 0. The fourth-order valence-electron chi connectivity index (χ4n) is 0. The highest BCUT2D eigenvalue weighted by molar-refractivity contribution is 5.56. The molecule has 0 aliphatic heterocycles. The average molecular weight is 946 g/mol. The van der Waals surface area contributed by atoms with Gasteiger partial charge in [0.05, 0.1) is 0 Å². The highest BCUT2D eigenvalue weighted by Gasteiger charge is 1.75. The summed E-state index contributed by atoms with van der Waals surface area (Å²) in [5, 5.41) is 209. The summed E-state index contributed by atoms with van der Waals surface area (Å²) >= 11 is 0. The van der Waals surface area contributed by atoms with Crippen LogP contribution in [0.15, 0.2) is 0 Å². The van der Waals surface area contributed by atoms with E-state index in [1.54, 1.807) is 0 Å². The first-order valence-corrected chi connectivity index (χ1v) is 9.77. The molecule has 0 spiro atoms. The van der Waals surface area contributed by atoms with Gasteiger partial charge < -0.3 is 153 Å². The normalized spacial score (nSPS) is 5.90. The minimum absolute atomic E-state index is 0. The quantitative estimate of drug-likeness (QED) is 0.163. The molecular weight excluding hydrogens is 912 g/mol. The zero-order valence-electron chi connectivity index (χ0n) is 27.0. The Morgan fingerprint density at radius 3 is 0.115 bits per heavy atom. The molecule has 0 aliphatic rings. The highest BCUT2D eigenvalue weighted by Crippen LogP contribution is 1.48. The molecule has 0 heterocycles. The molecule has 0 unspecified atom stereocenters. The molecule has 30 N–H and O–H groups in total. The second kappa shape index (κ2) is 97.7. The Balaban J connectivity index is -0.0000000254. The Morgan fingerprint density at radius 2 is 0.115 bits per heavy atom. The molecule has 0 saturated heterocycles. The minimum atomic E-state index is -1.83. The summed E-state index contributed by atoms with van der Waals surface area (Å²) in [4.78, 5) is 128. The molecule has 0 aromatic heterocycles. The van der Waals surface area contributed by atoms with Crippen molar-refractivity contribution < 1.29 is 225 Å². The summed E-state index contributed by atoms with van der Waals surface area (Å²) in [6.45, 7) is 0. The molecule has 0 rings (SSSR count). The van der Waals surface area contributed by atoms with Gasteiger partial charge in [0.25, 0.3) is 0 Å². The van der Waals surface area contributed by atoms with Gasteiger partial charge in [-0.3, -0.25) is 0 Å². The Kier molecular flexibility index (Phi) is 166. The molecule has 0 aromatic carbocycles. The predicted molar refractivity (Wildman–Crippen MR) is 167 cm³/mol. The van der Waals surface area contributed by atoms with Crippen LogP contribution in [0.25, 0.3) is 0 Å². The lowest BCUT2D eigenvalue weighted by Gasteiger charge is -1.60.